The highest BCUT2D eigenvalue weighted by molar-refractivity contribution is 14.1. The van der Waals surface area contributed by atoms with E-state index in [2.05, 4.69) is 69.1 Å². The van der Waals surface area contributed by atoms with Gasteiger partial charge >= 0.3 is 0 Å². The monoisotopic (exact) mass is 393 g/mol. The average molecular weight is 394 g/mol. The first-order valence-electron chi connectivity index (χ1n) is 5.83. The summed E-state index contributed by atoms with van der Waals surface area (Å²) in [6, 6.07) is 7.06. The molecular weight excluding hydrogens is 377 g/mol. The third-order valence-electron chi connectivity index (χ3n) is 3.48. The largest absolute Gasteiger partial charge is 0.313 e. The van der Waals surface area contributed by atoms with Crippen LogP contribution in [-0.4, -0.2) is 7.05 Å². The number of hydrogen-bond donors (Lipinski definition) is 1. The van der Waals surface area contributed by atoms with Crippen LogP contribution in [0.3, 0.4) is 0 Å². The van der Waals surface area contributed by atoms with E-state index in [4.69, 9.17) is 0 Å². The lowest BCUT2D eigenvalue weighted by molar-refractivity contribution is 0.265. The fraction of sp³-hybridized carbons (Fsp3) is 0.538. The van der Waals surface area contributed by atoms with Gasteiger partial charge in [-0.1, -0.05) is 35.2 Å². The van der Waals surface area contributed by atoms with Gasteiger partial charge in [-0.25, -0.2) is 0 Å². The Morgan fingerprint density at radius 2 is 2.25 bits per heavy atom. The second-order valence-electron chi connectivity index (χ2n) is 4.54. The predicted molar refractivity (Wildman–Crippen MR) is 80.6 cm³/mol. The summed E-state index contributed by atoms with van der Waals surface area (Å²) in [4.78, 5) is 0. The fourth-order valence-electron chi connectivity index (χ4n) is 2.24. The molecular formula is C13H17BrIN. The van der Waals surface area contributed by atoms with E-state index in [1.807, 2.05) is 0 Å². The second-order valence-corrected chi connectivity index (χ2v) is 6.62. The van der Waals surface area contributed by atoms with Crippen LogP contribution in [0.15, 0.2) is 22.7 Å². The molecule has 1 unspecified atom stereocenters. The van der Waals surface area contributed by atoms with Gasteiger partial charge in [0.25, 0.3) is 0 Å². The molecule has 1 saturated carbocycles. The summed E-state index contributed by atoms with van der Waals surface area (Å²) in [5.41, 5.74) is 1.43. The molecule has 0 spiro atoms. The molecule has 16 heavy (non-hydrogen) atoms. The smallest absolute Gasteiger partial charge is 0.0331 e. The van der Waals surface area contributed by atoms with Crippen molar-refractivity contribution < 1.29 is 0 Å². The van der Waals surface area contributed by atoms with E-state index in [0.29, 0.717) is 6.04 Å². The molecule has 0 aliphatic heterocycles. The molecule has 1 aromatic carbocycles. The highest BCUT2D eigenvalue weighted by Gasteiger charge is 2.23. The number of hydrogen-bond acceptors (Lipinski definition) is 1. The van der Waals surface area contributed by atoms with Crippen molar-refractivity contribution in [3.8, 4) is 0 Å². The van der Waals surface area contributed by atoms with Gasteiger partial charge in [0, 0.05) is 14.1 Å². The van der Waals surface area contributed by atoms with Crippen LogP contribution in [0, 0.1) is 9.49 Å². The molecule has 3 heteroatoms. The summed E-state index contributed by atoms with van der Waals surface area (Å²) in [5.74, 6) is 0.937. The summed E-state index contributed by atoms with van der Waals surface area (Å²) in [6.07, 6.45) is 5.55. The maximum absolute atomic E-state index is 3.56. The minimum absolute atomic E-state index is 0.509. The van der Waals surface area contributed by atoms with E-state index in [9.17, 15) is 0 Å². The standard InChI is InChI=1S/C13H17BrIN/c1-16-13(7-9-3-2-4-9)11-8-10(14)5-6-12(11)15/h5-6,8-9,13,16H,2-4,7H2,1H3. The van der Waals surface area contributed by atoms with Gasteiger partial charge in [0.2, 0.25) is 0 Å². The van der Waals surface area contributed by atoms with E-state index in [0.717, 1.165) is 5.92 Å². The van der Waals surface area contributed by atoms with E-state index in [1.54, 1.807) is 0 Å². The molecule has 1 aliphatic carbocycles. The van der Waals surface area contributed by atoms with Crippen molar-refractivity contribution in [3.05, 3.63) is 31.8 Å². The average Bonchev–Trinajstić information content (AvgIpc) is 2.21. The molecule has 0 amide bonds. The lowest BCUT2D eigenvalue weighted by atomic mass is 9.79. The summed E-state index contributed by atoms with van der Waals surface area (Å²) in [7, 11) is 2.07. The van der Waals surface area contributed by atoms with Gasteiger partial charge in [-0.2, -0.15) is 0 Å². The molecule has 2 rings (SSSR count). The Balaban J connectivity index is 2.14. The van der Waals surface area contributed by atoms with Gasteiger partial charge in [0.15, 0.2) is 0 Å². The van der Waals surface area contributed by atoms with Crippen molar-refractivity contribution in [1.82, 2.24) is 5.32 Å². The quantitative estimate of drug-likeness (QED) is 0.742. The van der Waals surface area contributed by atoms with Gasteiger partial charge < -0.3 is 5.32 Å². The zero-order valence-corrected chi connectivity index (χ0v) is 13.2. The van der Waals surface area contributed by atoms with Crippen LogP contribution in [0.2, 0.25) is 0 Å². The first-order valence-corrected chi connectivity index (χ1v) is 7.70. The Hall–Kier alpha value is 0.390. The highest BCUT2D eigenvalue weighted by atomic mass is 127. The van der Waals surface area contributed by atoms with E-state index in [1.165, 1.54) is 39.3 Å². The molecule has 1 nitrogen and oxygen atoms in total. The third-order valence-corrected chi connectivity index (χ3v) is 4.95. The van der Waals surface area contributed by atoms with Crippen molar-refractivity contribution in [2.45, 2.75) is 31.7 Å². The zero-order chi connectivity index (χ0) is 11.5. The molecule has 0 bridgehead atoms. The number of nitrogens with one attached hydrogen (secondary N) is 1. The SMILES string of the molecule is CNC(CC1CCC1)c1cc(Br)ccc1I. The van der Waals surface area contributed by atoms with Crippen LogP contribution in [0.25, 0.3) is 0 Å². The van der Waals surface area contributed by atoms with Crippen molar-refractivity contribution in [2.24, 2.45) is 5.92 Å². The molecule has 1 atom stereocenters. The third kappa shape index (κ3) is 2.99. The molecule has 1 fully saturated rings. The molecule has 0 radical (unpaired) electrons. The molecule has 1 aromatic rings. The minimum Gasteiger partial charge on any atom is -0.313 e. The van der Waals surface area contributed by atoms with Crippen LogP contribution in [0.1, 0.15) is 37.3 Å². The summed E-state index contributed by atoms with van der Waals surface area (Å²) >= 11 is 5.99. The van der Waals surface area contributed by atoms with Gasteiger partial charge in [0.1, 0.15) is 0 Å². The van der Waals surface area contributed by atoms with Gasteiger partial charge in [0.05, 0.1) is 0 Å². The topological polar surface area (TPSA) is 12.0 Å². The summed E-state index contributed by atoms with van der Waals surface area (Å²) in [6.45, 7) is 0. The van der Waals surface area contributed by atoms with E-state index < -0.39 is 0 Å². The lowest BCUT2D eigenvalue weighted by Crippen LogP contribution is -2.23. The summed E-state index contributed by atoms with van der Waals surface area (Å²) in [5, 5.41) is 3.46. The van der Waals surface area contributed by atoms with Crippen molar-refractivity contribution in [1.29, 1.82) is 0 Å². The molecule has 0 aromatic heterocycles. The van der Waals surface area contributed by atoms with Crippen LogP contribution in [0.4, 0.5) is 0 Å². The Morgan fingerprint density at radius 1 is 1.50 bits per heavy atom. The molecule has 88 valence electrons. The maximum Gasteiger partial charge on any atom is 0.0331 e. The molecule has 0 saturated heterocycles. The van der Waals surface area contributed by atoms with E-state index in [-0.39, 0.29) is 0 Å². The number of halogens is 2. The normalized spacial score (nSPS) is 18.2. The Labute approximate surface area is 120 Å². The lowest BCUT2D eigenvalue weighted by Gasteiger charge is -2.30. The van der Waals surface area contributed by atoms with Gasteiger partial charge in [-0.05, 0) is 65.7 Å². The Bertz CT molecular complexity index is 363. The van der Waals surface area contributed by atoms with E-state index >= 15 is 0 Å². The Morgan fingerprint density at radius 3 is 2.81 bits per heavy atom. The number of rotatable bonds is 4. The molecule has 1 N–H and O–H groups in total. The molecule has 1 aliphatic rings. The molecule has 0 heterocycles. The maximum atomic E-state index is 3.56. The van der Waals surface area contributed by atoms with Crippen molar-refractivity contribution >= 4 is 38.5 Å². The second kappa shape index (κ2) is 5.83. The number of benzene rings is 1. The zero-order valence-electron chi connectivity index (χ0n) is 9.47. The minimum atomic E-state index is 0.509. The van der Waals surface area contributed by atoms with Crippen molar-refractivity contribution in [2.75, 3.05) is 7.05 Å². The summed E-state index contributed by atoms with van der Waals surface area (Å²) < 4.78 is 2.54. The first-order chi connectivity index (χ1) is 7.70. The predicted octanol–water partition coefficient (Wildman–Crippen LogP) is 4.50. The van der Waals surface area contributed by atoms with Crippen LogP contribution < -0.4 is 5.32 Å². The fourth-order valence-corrected chi connectivity index (χ4v) is 3.33. The van der Waals surface area contributed by atoms with Gasteiger partial charge in [-0.15, -0.1) is 0 Å². The van der Waals surface area contributed by atoms with Crippen molar-refractivity contribution in [3.63, 3.8) is 0 Å². The highest BCUT2D eigenvalue weighted by Crippen LogP contribution is 2.36. The van der Waals surface area contributed by atoms with Gasteiger partial charge in [-0.3, -0.25) is 0 Å². The van der Waals surface area contributed by atoms with Crippen LogP contribution in [-0.2, 0) is 0 Å². The van der Waals surface area contributed by atoms with Crippen LogP contribution >= 0.6 is 38.5 Å². The first kappa shape index (κ1) is 12.8. The van der Waals surface area contributed by atoms with Crippen LogP contribution in [0.5, 0.6) is 0 Å². The Kier molecular flexibility index (Phi) is 4.67.